The average Bonchev–Trinajstić information content (AvgIpc) is 3.13. The summed E-state index contributed by atoms with van der Waals surface area (Å²) in [5.41, 5.74) is 3.49. The number of aliphatic hydroxyl groups is 1. The molecule has 1 saturated heterocycles. The van der Waals surface area contributed by atoms with Gasteiger partial charge in [-0.3, -0.25) is 9.58 Å². The molecule has 1 aliphatic rings. The largest absolute Gasteiger partial charge is 0.394 e. The number of rotatable bonds is 7. The van der Waals surface area contributed by atoms with E-state index in [0.717, 1.165) is 31.1 Å². The van der Waals surface area contributed by atoms with Gasteiger partial charge in [-0.25, -0.2) is 0 Å². The number of aromatic nitrogens is 2. The van der Waals surface area contributed by atoms with Crippen molar-refractivity contribution in [1.82, 2.24) is 20.0 Å². The van der Waals surface area contributed by atoms with Gasteiger partial charge in [0.15, 0.2) is 0 Å². The SMILES string of the molecule is CCN1[C@H](c2ccc(Cl)cc2)[C@H](CNCc2cnn(C)c2C)C[C@]1(C)CO. The fourth-order valence-electron chi connectivity index (χ4n) is 4.52. The highest BCUT2D eigenvalue weighted by atomic mass is 35.5. The molecule has 2 N–H and O–H groups in total. The van der Waals surface area contributed by atoms with E-state index in [0.29, 0.717) is 5.92 Å². The summed E-state index contributed by atoms with van der Waals surface area (Å²) in [5.74, 6) is 0.417. The lowest BCUT2D eigenvalue weighted by molar-refractivity contribution is 0.0579. The first-order valence-corrected chi connectivity index (χ1v) is 10.1. The number of likely N-dealkylation sites (N-methyl/N-ethyl adjacent to an activating group) is 1. The van der Waals surface area contributed by atoms with E-state index in [1.165, 1.54) is 16.8 Å². The van der Waals surface area contributed by atoms with Crippen LogP contribution in [0.1, 0.15) is 43.1 Å². The van der Waals surface area contributed by atoms with Gasteiger partial charge >= 0.3 is 0 Å². The summed E-state index contributed by atoms with van der Waals surface area (Å²) in [4.78, 5) is 2.44. The summed E-state index contributed by atoms with van der Waals surface area (Å²) in [5, 5.41) is 18.8. The smallest absolute Gasteiger partial charge is 0.0613 e. The van der Waals surface area contributed by atoms with Gasteiger partial charge in [0.05, 0.1) is 12.8 Å². The van der Waals surface area contributed by atoms with Gasteiger partial charge in [-0.05, 0) is 50.4 Å². The molecular formula is C21H31ClN4O. The van der Waals surface area contributed by atoms with Gasteiger partial charge in [-0.2, -0.15) is 5.10 Å². The summed E-state index contributed by atoms with van der Waals surface area (Å²) in [6, 6.07) is 8.44. The number of halogens is 1. The molecule has 0 radical (unpaired) electrons. The second kappa shape index (κ2) is 8.31. The molecule has 1 aromatic carbocycles. The van der Waals surface area contributed by atoms with Crippen molar-refractivity contribution in [2.45, 2.75) is 45.3 Å². The van der Waals surface area contributed by atoms with Crippen LogP contribution in [0.25, 0.3) is 0 Å². The summed E-state index contributed by atoms with van der Waals surface area (Å²) in [7, 11) is 1.97. The van der Waals surface area contributed by atoms with Crippen LogP contribution in [-0.4, -0.2) is 45.0 Å². The first-order valence-electron chi connectivity index (χ1n) is 9.71. The Kier molecular flexibility index (Phi) is 6.26. The van der Waals surface area contributed by atoms with Crippen LogP contribution in [0, 0.1) is 12.8 Å². The molecule has 0 amide bonds. The van der Waals surface area contributed by atoms with Gasteiger partial charge in [0, 0.05) is 48.0 Å². The van der Waals surface area contributed by atoms with Crippen LogP contribution in [-0.2, 0) is 13.6 Å². The molecular weight excluding hydrogens is 360 g/mol. The molecule has 5 nitrogen and oxygen atoms in total. The number of likely N-dealkylation sites (tertiary alicyclic amines) is 1. The van der Waals surface area contributed by atoms with E-state index in [-0.39, 0.29) is 18.2 Å². The van der Waals surface area contributed by atoms with Crippen LogP contribution in [0.3, 0.4) is 0 Å². The Bertz CT molecular complexity index is 760. The maximum Gasteiger partial charge on any atom is 0.0613 e. The van der Waals surface area contributed by atoms with Crippen molar-refractivity contribution in [2.75, 3.05) is 19.7 Å². The first-order chi connectivity index (χ1) is 12.9. The van der Waals surface area contributed by atoms with Crippen molar-refractivity contribution in [1.29, 1.82) is 0 Å². The zero-order valence-electron chi connectivity index (χ0n) is 16.7. The van der Waals surface area contributed by atoms with E-state index >= 15 is 0 Å². The molecule has 27 heavy (non-hydrogen) atoms. The molecule has 148 valence electrons. The van der Waals surface area contributed by atoms with Crippen LogP contribution in [0.5, 0.6) is 0 Å². The van der Waals surface area contributed by atoms with Gasteiger partial charge in [-0.1, -0.05) is 30.7 Å². The number of nitrogens with zero attached hydrogens (tertiary/aromatic N) is 3. The zero-order chi connectivity index (χ0) is 19.6. The third-order valence-corrected chi connectivity index (χ3v) is 6.38. The van der Waals surface area contributed by atoms with Gasteiger partial charge in [0.1, 0.15) is 0 Å². The third-order valence-electron chi connectivity index (χ3n) is 6.13. The first kappa shape index (κ1) is 20.3. The minimum absolute atomic E-state index is 0.170. The molecule has 6 heteroatoms. The second-order valence-electron chi connectivity index (χ2n) is 7.91. The quantitative estimate of drug-likeness (QED) is 0.761. The van der Waals surface area contributed by atoms with Gasteiger partial charge < -0.3 is 10.4 Å². The molecule has 0 aliphatic carbocycles. The molecule has 1 fully saturated rings. The van der Waals surface area contributed by atoms with Crippen LogP contribution in [0.2, 0.25) is 5.02 Å². The number of aliphatic hydroxyl groups excluding tert-OH is 1. The van der Waals surface area contributed by atoms with Crippen LogP contribution < -0.4 is 5.32 Å². The van der Waals surface area contributed by atoms with E-state index in [4.69, 9.17) is 11.6 Å². The lowest BCUT2D eigenvalue weighted by Crippen LogP contribution is -2.45. The lowest BCUT2D eigenvalue weighted by atomic mass is 9.90. The van der Waals surface area contributed by atoms with E-state index < -0.39 is 0 Å². The van der Waals surface area contributed by atoms with Crippen molar-refractivity contribution >= 4 is 11.6 Å². The van der Waals surface area contributed by atoms with Crippen molar-refractivity contribution < 1.29 is 5.11 Å². The van der Waals surface area contributed by atoms with Crippen LogP contribution in [0.15, 0.2) is 30.5 Å². The second-order valence-corrected chi connectivity index (χ2v) is 8.35. The van der Waals surface area contributed by atoms with Crippen molar-refractivity contribution in [3.63, 3.8) is 0 Å². The summed E-state index contributed by atoms with van der Waals surface area (Å²) < 4.78 is 1.91. The normalized spacial score (nSPS) is 26.0. The van der Waals surface area contributed by atoms with Gasteiger partial charge in [0.2, 0.25) is 0 Å². The molecule has 1 aromatic heterocycles. The molecule has 0 saturated carbocycles. The highest BCUT2D eigenvalue weighted by Crippen LogP contribution is 2.46. The Labute approximate surface area is 167 Å². The molecule has 2 heterocycles. The van der Waals surface area contributed by atoms with Crippen LogP contribution in [0.4, 0.5) is 0 Å². The molecule has 0 bridgehead atoms. The molecule has 3 atom stereocenters. The lowest BCUT2D eigenvalue weighted by Gasteiger charge is -2.37. The molecule has 1 aliphatic heterocycles. The monoisotopic (exact) mass is 390 g/mol. The number of nitrogens with one attached hydrogen (secondary N) is 1. The number of hydrogen-bond acceptors (Lipinski definition) is 4. The van der Waals surface area contributed by atoms with Gasteiger partial charge in [-0.15, -0.1) is 0 Å². The van der Waals surface area contributed by atoms with Crippen molar-refractivity contribution in [3.05, 3.63) is 52.3 Å². The number of benzene rings is 1. The molecule has 3 rings (SSSR count). The maximum absolute atomic E-state index is 10.1. The fraction of sp³-hybridized carbons (Fsp3) is 0.571. The molecule has 2 aromatic rings. The van der Waals surface area contributed by atoms with E-state index in [2.05, 4.69) is 48.2 Å². The highest BCUT2D eigenvalue weighted by molar-refractivity contribution is 6.30. The van der Waals surface area contributed by atoms with E-state index in [9.17, 15) is 5.11 Å². The Hall–Kier alpha value is -1.40. The Morgan fingerprint density at radius 2 is 2.04 bits per heavy atom. The maximum atomic E-state index is 10.1. The summed E-state index contributed by atoms with van der Waals surface area (Å²) in [6.07, 6.45) is 2.90. The standard InChI is InChI=1S/C21H31ClN4O/c1-5-26-20(16-6-8-19(22)9-7-16)17(10-21(26,3)14-27)11-23-12-18-13-24-25(4)15(18)2/h6-9,13,17,20,23,27H,5,10-12,14H2,1-4H3/t17-,20+,21+/m0/s1. The van der Waals surface area contributed by atoms with Gasteiger partial charge in [0.25, 0.3) is 0 Å². The third kappa shape index (κ3) is 4.06. The zero-order valence-corrected chi connectivity index (χ0v) is 17.5. The molecule has 0 spiro atoms. The van der Waals surface area contributed by atoms with Crippen LogP contribution >= 0.6 is 11.6 Å². The minimum atomic E-state index is -0.199. The number of hydrogen-bond donors (Lipinski definition) is 2. The Balaban J connectivity index is 1.78. The highest BCUT2D eigenvalue weighted by Gasteiger charge is 2.47. The fourth-order valence-corrected chi connectivity index (χ4v) is 4.65. The van der Waals surface area contributed by atoms with Crippen molar-refractivity contribution in [3.8, 4) is 0 Å². The number of aryl methyl sites for hydroxylation is 1. The Morgan fingerprint density at radius 1 is 1.33 bits per heavy atom. The minimum Gasteiger partial charge on any atom is -0.394 e. The predicted octanol–water partition coefficient (Wildman–Crippen LogP) is 3.31. The predicted molar refractivity (Wildman–Crippen MR) is 110 cm³/mol. The van der Waals surface area contributed by atoms with Crippen molar-refractivity contribution in [2.24, 2.45) is 13.0 Å². The Morgan fingerprint density at radius 3 is 2.59 bits per heavy atom. The topological polar surface area (TPSA) is 53.3 Å². The summed E-state index contributed by atoms with van der Waals surface area (Å²) >= 11 is 6.10. The van der Waals surface area contributed by atoms with E-state index in [1.54, 1.807) is 0 Å². The summed E-state index contributed by atoms with van der Waals surface area (Å²) in [6.45, 7) is 9.22. The molecule has 0 unspecified atom stereocenters. The average molecular weight is 391 g/mol. The van der Waals surface area contributed by atoms with E-state index in [1.807, 2.05) is 30.1 Å².